The van der Waals surface area contributed by atoms with Crippen LogP contribution in [0, 0.1) is 13.8 Å². The molecule has 0 atom stereocenters. The molecule has 0 aliphatic rings. The second kappa shape index (κ2) is 7.90. The number of aromatic nitrogens is 2. The molecule has 0 spiro atoms. The van der Waals surface area contributed by atoms with E-state index in [9.17, 15) is 4.79 Å². The third kappa shape index (κ3) is 4.25. The number of nitrogens with zero attached hydrogens (tertiary/aromatic N) is 2. The fraction of sp³-hybridized carbons (Fsp3) is 0.250. The number of carbonyl (C=O) groups is 1. The number of nitrogens with one attached hydrogen (secondary N) is 1. The standard InChI is InChI=1S/C20H21N3O4/c1-12-5-6-14(13(2)9-12)11-18(24)21-20-23-22-19(27-20)15-7-8-16(25-3)17(10-15)26-4/h5-10H,11H2,1-4H3,(H,21,23,24). The summed E-state index contributed by atoms with van der Waals surface area (Å²) in [5.41, 5.74) is 3.85. The van der Waals surface area contributed by atoms with Gasteiger partial charge in [-0.05, 0) is 43.2 Å². The zero-order chi connectivity index (χ0) is 19.4. The highest BCUT2D eigenvalue weighted by atomic mass is 16.5. The summed E-state index contributed by atoms with van der Waals surface area (Å²) in [6.07, 6.45) is 0.236. The summed E-state index contributed by atoms with van der Waals surface area (Å²) in [5, 5.41) is 10.5. The Morgan fingerprint density at radius 1 is 1.04 bits per heavy atom. The number of rotatable bonds is 6. The van der Waals surface area contributed by atoms with Crippen molar-refractivity contribution in [1.29, 1.82) is 0 Å². The van der Waals surface area contributed by atoms with Gasteiger partial charge in [0.15, 0.2) is 11.5 Å². The first-order valence-electron chi connectivity index (χ1n) is 8.42. The van der Waals surface area contributed by atoms with E-state index >= 15 is 0 Å². The van der Waals surface area contributed by atoms with Crippen LogP contribution < -0.4 is 14.8 Å². The molecule has 3 aromatic rings. The highest BCUT2D eigenvalue weighted by Gasteiger charge is 2.14. The van der Waals surface area contributed by atoms with Crippen molar-refractivity contribution in [2.45, 2.75) is 20.3 Å². The van der Waals surface area contributed by atoms with Crippen molar-refractivity contribution < 1.29 is 18.7 Å². The predicted molar refractivity (Wildman–Crippen MR) is 101 cm³/mol. The van der Waals surface area contributed by atoms with Crippen molar-refractivity contribution in [2.75, 3.05) is 19.5 Å². The Balaban J connectivity index is 1.71. The van der Waals surface area contributed by atoms with E-state index in [2.05, 4.69) is 15.5 Å². The fourth-order valence-electron chi connectivity index (χ4n) is 2.74. The first kappa shape index (κ1) is 18.4. The number of methoxy groups -OCH3 is 2. The van der Waals surface area contributed by atoms with Crippen LogP contribution in [0.25, 0.3) is 11.5 Å². The van der Waals surface area contributed by atoms with Gasteiger partial charge in [0.2, 0.25) is 11.8 Å². The zero-order valence-corrected chi connectivity index (χ0v) is 15.7. The van der Waals surface area contributed by atoms with E-state index in [-0.39, 0.29) is 24.2 Å². The van der Waals surface area contributed by atoms with Gasteiger partial charge in [-0.2, -0.15) is 0 Å². The molecule has 0 radical (unpaired) electrons. The molecule has 1 N–H and O–H groups in total. The molecule has 140 valence electrons. The lowest BCUT2D eigenvalue weighted by Crippen LogP contribution is -2.15. The Labute approximate surface area is 157 Å². The molecular formula is C20H21N3O4. The fourth-order valence-corrected chi connectivity index (χ4v) is 2.74. The summed E-state index contributed by atoms with van der Waals surface area (Å²) in [6, 6.07) is 11.3. The van der Waals surface area contributed by atoms with Crippen LogP contribution in [0.4, 0.5) is 6.01 Å². The Kier molecular flexibility index (Phi) is 5.40. The molecule has 0 fully saturated rings. The van der Waals surface area contributed by atoms with Gasteiger partial charge in [-0.1, -0.05) is 28.9 Å². The van der Waals surface area contributed by atoms with Gasteiger partial charge in [0.05, 0.1) is 20.6 Å². The van der Waals surface area contributed by atoms with Crippen LogP contribution in [0.2, 0.25) is 0 Å². The van der Waals surface area contributed by atoms with Gasteiger partial charge >= 0.3 is 6.01 Å². The van der Waals surface area contributed by atoms with E-state index in [0.717, 1.165) is 16.7 Å². The molecule has 0 bridgehead atoms. The van der Waals surface area contributed by atoms with Crippen LogP contribution in [0.1, 0.15) is 16.7 Å². The summed E-state index contributed by atoms with van der Waals surface area (Å²) in [6.45, 7) is 4.00. The number of benzene rings is 2. The van der Waals surface area contributed by atoms with Crippen molar-refractivity contribution in [1.82, 2.24) is 10.2 Å². The van der Waals surface area contributed by atoms with E-state index in [1.165, 1.54) is 0 Å². The highest BCUT2D eigenvalue weighted by Crippen LogP contribution is 2.32. The molecular weight excluding hydrogens is 346 g/mol. The van der Waals surface area contributed by atoms with Crippen molar-refractivity contribution in [3.63, 3.8) is 0 Å². The molecule has 0 aliphatic carbocycles. The largest absolute Gasteiger partial charge is 0.493 e. The number of carbonyl (C=O) groups excluding carboxylic acids is 1. The average Bonchev–Trinajstić information content (AvgIpc) is 3.11. The lowest BCUT2D eigenvalue weighted by atomic mass is 10.0. The van der Waals surface area contributed by atoms with E-state index in [1.54, 1.807) is 32.4 Å². The smallest absolute Gasteiger partial charge is 0.322 e. The van der Waals surface area contributed by atoms with Gasteiger partial charge in [-0.25, -0.2) is 0 Å². The third-order valence-electron chi connectivity index (χ3n) is 4.15. The number of anilines is 1. The van der Waals surface area contributed by atoms with Crippen LogP contribution in [-0.4, -0.2) is 30.3 Å². The molecule has 2 aromatic carbocycles. The Bertz CT molecular complexity index is 966. The van der Waals surface area contributed by atoms with Crippen molar-refractivity contribution in [3.05, 3.63) is 53.1 Å². The zero-order valence-electron chi connectivity index (χ0n) is 15.7. The lowest BCUT2D eigenvalue weighted by Gasteiger charge is -2.07. The molecule has 0 unspecified atom stereocenters. The Morgan fingerprint density at radius 2 is 1.81 bits per heavy atom. The topological polar surface area (TPSA) is 86.5 Å². The van der Waals surface area contributed by atoms with Gasteiger partial charge in [0.25, 0.3) is 0 Å². The lowest BCUT2D eigenvalue weighted by molar-refractivity contribution is -0.115. The molecule has 0 aliphatic heterocycles. The molecule has 1 heterocycles. The van der Waals surface area contributed by atoms with Gasteiger partial charge in [0.1, 0.15) is 0 Å². The molecule has 1 aromatic heterocycles. The number of aryl methyl sites for hydroxylation is 2. The van der Waals surface area contributed by atoms with Crippen LogP contribution in [0.5, 0.6) is 11.5 Å². The minimum atomic E-state index is -0.218. The monoisotopic (exact) mass is 367 g/mol. The summed E-state index contributed by atoms with van der Waals surface area (Å²) in [4.78, 5) is 12.3. The van der Waals surface area contributed by atoms with Crippen LogP contribution in [0.15, 0.2) is 40.8 Å². The van der Waals surface area contributed by atoms with E-state index in [0.29, 0.717) is 17.1 Å². The number of hydrogen-bond donors (Lipinski definition) is 1. The first-order chi connectivity index (χ1) is 13.0. The summed E-state index contributed by atoms with van der Waals surface area (Å²) < 4.78 is 16.0. The van der Waals surface area contributed by atoms with E-state index in [4.69, 9.17) is 13.9 Å². The summed E-state index contributed by atoms with van der Waals surface area (Å²) in [5.74, 6) is 1.21. The summed E-state index contributed by atoms with van der Waals surface area (Å²) in [7, 11) is 3.11. The van der Waals surface area contributed by atoms with Crippen molar-refractivity contribution in [2.24, 2.45) is 0 Å². The quantitative estimate of drug-likeness (QED) is 0.717. The van der Waals surface area contributed by atoms with Gasteiger partial charge < -0.3 is 13.9 Å². The molecule has 7 nitrogen and oxygen atoms in total. The van der Waals surface area contributed by atoms with Gasteiger partial charge in [0, 0.05) is 5.56 Å². The SMILES string of the molecule is COc1ccc(-c2nnc(NC(=O)Cc3ccc(C)cc3C)o2)cc1OC. The maximum absolute atomic E-state index is 12.3. The maximum atomic E-state index is 12.3. The number of amides is 1. The normalized spacial score (nSPS) is 10.5. The highest BCUT2D eigenvalue weighted by molar-refractivity contribution is 5.90. The van der Waals surface area contributed by atoms with Gasteiger partial charge in [-0.15, -0.1) is 5.10 Å². The minimum absolute atomic E-state index is 0.0505. The maximum Gasteiger partial charge on any atom is 0.322 e. The molecule has 1 amide bonds. The van der Waals surface area contributed by atoms with E-state index in [1.807, 2.05) is 32.0 Å². The second-order valence-corrected chi connectivity index (χ2v) is 6.14. The van der Waals surface area contributed by atoms with Crippen molar-refractivity contribution >= 4 is 11.9 Å². The van der Waals surface area contributed by atoms with Crippen LogP contribution in [0.3, 0.4) is 0 Å². The van der Waals surface area contributed by atoms with E-state index < -0.39 is 0 Å². The average molecular weight is 367 g/mol. The predicted octanol–water partition coefficient (Wildman–Crippen LogP) is 3.55. The molecule has 27 heavy (non-hydrogen) atoms. The second-order valence-electron chi connectivity index (χ2n) is 6.14. The molecule has 0 saturated heterocycles. The Morgan fingerprint density at radius 3 is 2.52 bits per heavy atom. The Hall–Kier alpha value is -3.35. The first-order valence-corrected chi connectivity index (χ1v) is 8.42. The molecule has 3 rings (SSSR count). The summed E-state index contributed by atoms with van der Waals surface area (Å²) >= 11 is 0. The minimum Gasteiger partial charge on any atom is -0.493 e. The third-order valence-corrected chi connectivity index (χ3v) is 4.15. The van der Waals surface area contributed by atoms with Gasteiger partial charge in [-0.3, -0.25) is 10.1 Å². The number of ether oxygens (including phenoxy) is 2. The van der Waals surface area contributed by atoms with Crippen LogP contribution in [-0.2, 0) is 11.2 Å². The molecule has 0 saturated carbocycles. The number of hydrogen-bond acceptors (Lipinski definition) is 6. The van der Waals surface area contributed by atoms with Crippen molar-refractivity contribution in [3.8, 4) is 23.0 Å². The molecule has 7 heteroatoms. The van der Waals surface area contributed by atoms with Crippen LogP contribution >= 0.6 is 0 Å².